The summed E-state index contributed by atoms with van der Waals surface area (Å²) in [6.07, 6.45) is 0.198. The van der Waals surface area contributed by atoms with Gasteiger partial charge in [0.05, 0.1) is 20.1 Å². The van der Waals surface area contributed by atoms with Gasteiger partial charge in [-0.3, -0.25) is 4.79 Å². The van der Waals surface area contributed by atoms with Crippen molar-refractivity contribution in [1.82, 2.24) is 0 Å². The van der Waals surface area contributed by atoms with Gasteiger partial charge in [-0.25, -0.2) is 4.79 Å². The van der Waals surface area contributed by atoms with Crippen LogP contribution < -0.4 is 10.1 Å². The lowest BCUT2D eigenvalue weighted by Crippen LogP contribution is -2.16. The van der Waals surface area contributed by atoms with E-state index >= 15 is 0 Å². The van der Waals surface area contributed by atoms with E-state index in [2.05, 4.69) is 5.32 Å². The molecule has 0 fully saturated rings. The molecule has 6 heteroatoms. The largest absolute Gasteiger partial charge is 0.494 e. The predicted octanol–water partition coefficient (Wildman–Crippen LogP) is 5.40. The van der Waals surface area contributed by atoms with Crippen LogP contribution in [0.15, 0.2) is 48.5 Å². The lowest BCUT2D eigenvalue weighted by atomic mass is 10.0. The minimum atomic E-state index is -0.466. The van der Waals surface area contributed by atoms with Crippen molar-refractivity contribution in [3.8, 4) is 16.9 Å². The first-order valence-corrected chi connectivity index (χ1v) is 10.5. The van der Waals surface area contributed by atoms with Gasteiger partial charge >= 0.3 is 5.97 Å². The number of benzene rings is 2. The Morgan fingerprint density at radius 1 is 1.00 bits per heavy atom. The monoisotopic (exact) mass is 423 g/mol. The first-order valence-electron chi connectivity index (χ1n) is 9.73. The highest BCUT2D eigenvalue weighted by atomic mass is 32.1. The molecule has 0 aliphatic heterocycles. The number of rotatable bonds is 7. The van der Waals surface area contributed by atoms with Crippen LogP contribution in [0.3, 0.4) is 0 Å². The van der Waals surface area contributed by atoms with Crippen molar-refractivity contribution in [2.45, 2.75) is 27.2 Å². The van der Waals surface area contributed by atoms with E-state index in [1.54, 1.807) is 0 Å². The number of aryl methyl sites for hydroxylation is 2. The summed E-state index contributed by atoms with van der Waals surface area (Å²) < 4.78 is 10.4. The average molecular weight is 424 g/mol. The van der Waals surface area contributed by atoms with Crippen molar-refractivity contribution in [1.29, 1.82) is 0 Å². The van der Waals surface area contributed by atoms with Crippen molar-refractivity contribution in [2.75, 3.05) is 19.0 Å². The molecular formula is C24H25NO4S. The van der Waals surface area contributed by atoms with Gasteiger partial charge in [0, 0.05) is 10.4 Å². The number of amides is 1. The molecule has 1 amide bonds. The standard InChI is InChI=1S/C24H25NO4S/c1-5-29-19-12-8-17(9-13-19)14-20(26)25-23-22(24(27)28-4)21(16(3)30-23)18-10-6-15(2)7-11-18/h6-13H,5,14H2,1-4H3,(H,25,26). The Morgan fingerprint density at radius 2 is 1.67 bits per heavy atom. The smallest absolute Gasteiger partial charge is 0.341 e. The van der Waals surface area contributed by atoms with E-state index in [-0.39, 0.29) is 12.3 Å². The van der Waals surface area contributed by atoms with Gasteiger partial charge < -0.3 is 14.8 Å². The number of anilines is 1. The molecule has 0 aliphatic carbocycles. The van der Waals surface area contributed by atoms with E-state index in [0.717, 1.165) is 32.9 Å². The van der Waals surface area contributed by atoms with Crippen LogP contribution in [-0.2, 0) is 16.0 Å². The molecule has 0 bridgehead atoms. The third kappa shape index (κ3) is 4.89. The molecule has 1 aromatic heterocycles. The summed E-state index contributed by atoms with van der Waals surface area (Å²) in [6, 6.07) is 15.4. The number of ether oxygens (including phenoxy) is 2. The molecule has 0 unspecified atom stereocenters. The second-order valence-corrected chi connectivity index (χ2v) is 8.12. The lowest BCUT2D eigenvalue weighted by molar-refractivity contribution is -0.115. The van der Waals surface area contributed by atoms with Crippen molar-refractivity contribution >= 4 is 28.2 Å². The third-order valence-corrected chi connectivity index (χ3v) is 5.69. The first kappa shape index (κ1) is 21.6. The summed E-state index contributed by atoms with van der Waals surface area (Å²) in [7, 11) is 1.35. The summed E-state index contributed by atoms with van der Waals surface area (Å²) in [5.41, 5.74) is 4.10. The van der Waals surface area contributed by atoms with Gasteiger partial charge in [0.2, 0.25) is 5.91 Å². The molecule has 0 spiro atoms. The molecule has 1 N–H and O–H groups in total. The predicted molar refractivity (Wildman–Crippen MR) is 121 cm³/mol. The molecule has 0 saturated carbocycles. The zero-order chi connectivity index (χ0) is 21.7. The lowest BCUT2D eigenvalue weighted by Gasteiger charge is -2.09. The van der Waals surface area contributed by atoms with E-state index in [1.807, 2.05) is 69.3 Å². The Labute approximate surface area is 180 Å². The second-order valence-electron chi connectivity index (χ2n) is 6.90. The molecule has 0 atom stereocenters. The normalized spacial score (nSPS) is 10.5. The Kier molecular flexibility index (Phi) is 6.90. The number of carbonyl (C=O) groups is 2. The zero-order valence-electron chi connectivity index (χ0n) is 17.6. The Bertz CT molecular complexity index is 1040. The number of nitrogens with one attached hydrogen (secondary N) is 1. The Hall–Kier alpha value is -3.12. The van der Waals surface area contributed by atoms with Crippen LogP contribution in [0.1, 0.15) is 33.3 Å². The first-order chi connectivity index (χ1) is 14.4. The topological polar surface area (TPSA) is 64.6 Å². The Morgan fingerprint density at radius 3 is 2.27 bits per heavy atom. The maximum absolute atomic E-state index is 12.7. The van der Waals surface area contributed by atoms with E-state index in [0.29, 0.717) is 17.2 Å². The van der Waals surface area contributed by atoms with Crippen LogP contribution in [0.4, 0.5) is 5.00 Å². The summed E-state index contributed by atoms with van der Waals surface area (Å²) in [5.74, 6) is 0.110. The molecule has 1 heterocycles. The van der Waals surface area contributed by atoms with E-state index in [4.69, 9.17) is 9.47 Å². The van der Waals surface area contributed by atoms with E-state index in [9.17, 15) is 9.59 Å². The fourth-order valence-electron chi connectivity index (χ4n) is 3.22. The molecule has 3 aromatic rings. The summed E-state index contributed by atoms with van der Waals surface area (Å²) in [5, 5.41) is 3.41. The molecular weight excluding hydrogens is 398 g/mol. The fourth-order valence-corrected chi connectivity index (χ4v) is 4.30. The van der Waals surface area contributed by atoms with Gasteiger partial charge in [0.25, 0.3) is 0 Å². The molecule has 156 valence electrons. The highest BCUT2D eigenvalue weighted by Crippen LogP contribution is 2.40. The van der Waals surface area contributed by atoms with Crippen molar-refractivity contribution in [3.63, 3.8) is 0 Å². The third-order valence-electron chi connectivity index (χ3n) is 4.67. The number of thiophene rings is 1. The number of carbonyl (C=O) groups excluding carboxylic acids is 2. The van der Waals surface area contributed by atoms with Gasteiger partial charge in [-0.15, -0.1) is 11.3 Å². The van der Waals surface area contributed by atoms with Crippen molar-refractivity contribution in [2.24, 2.45) is 0 Å². The number of hydrogen-bond acceptors (Lipinski definition) is 5. The zero-order valence-corrected chi connectivity index (χ0v) is 18.4. The van der Waals surface area contributed by atoms with Gasteiger partial charge in [0.1, 0.15) is 16.3 Å². The van der Waals surface area contributed by atoms with Crippen molar-refractivity contribution in [3.05, 3.63) is 70.1 Å². The molecule has 2 aromatic carbocycles. The number of esters is 1. The van der Waals surface area contributed by atoms with Gasteiger partial charge in [-0.2, -0.15) is 0 Å². The summed E-state index contributed by atoms with van der Waals surface area (Å²) in [4.78, 5) is 26.2. The molecule has 0 aliphatic rings. The van der Waals surface area contributed by atoms with Crippen LogP contribution in [0.25, 0.3) is 11.1 Å². The maximum Gasteiger partial charge on any atom is 0.341 e. The maximum atomic E-state index is 12.7. The van der Waals surface area contributed by atoms with Crippen LogP contribution in [0.5, 0.6) is 5.75 Å². The number of hydrogen-bond donors (Lipinski definition) is 1. The van der Waals surface area contributed by atoms with Gasteiger partial charge in [0.15, 0.2) is 0 Å². The Balaban J connectivity index is 1.86. The quantitative estimate of drug-likeness (QED) is 0.517. The molecule has 3 rings (SSSR count). The van der Waals surface area contributed by atoms with Crippen LogP contribution in [0, 0.1) is 13.8 Å². The van der Waals surface area contributed by atoms with Gasteiger partial charge in [-0.05, 0) is 44.0 Å². The van der Waals surface area contributed by atoms with Crippen LogP contribution in [-0.4, -0.2) is 25.6 Å². The average Bonchev–Trinajstić information content (AvgIpc) is 3.05. The fraction of sp³-hybridized carbons (Fsp3) is 0.250. The van der Waals surface area contributed by atoms with Gasteiger partial charge in [-0.1, -0.05) is 42.0 Å². The summed E-state index contributed by atoms with van der Waals surface area (Å²) >= 11 is 1.38. The minimum absolute atomic E-state index is 0.194. The molecule has 0 saturated heterocycles. The minimum Gasteiger partial charge on any atom is -0.494 e. The summed E-state index contributed by atoms with van der Waals surface area (Å²) in [6.45, 7) is 6.47. The second kappa shape index (κ2) is 9.59. The van der Waals surface area contributed by atoms with E-state index in [1.165, 1.54) is 18.4 Å². The van der Waals surface area contributed by atoms with Crippen LogP contribution >= 0.6 is 11.3 Å². The number of methoxy groups -OCH3 is 1. The highest BCUT2D eigenvalue weighted by molar-refractivity contribution is 7.17. The molecule has 30 heavy (non-hydrogen) atoms. The highest BCUT2D eigenvalue weighted by Gasteiger charge is 2.25. The SMILES string of the molecule is CCOc1ccc(CC(=O)Nc2sc(C)c(-c3ccc(C)cc3)c2C(=O)OC)cc1. The molecule has 5 nitrogen and oxygen atoms in total. The van der Waals surface area contributed by atoms with E-state index < -0.39 is 5.97 Å². The molecule has 0 radical (unpaired) electrons. The van der Waals surface area contributed by atoms with Crippen molar-refractivity contribution < 1.29 is 19.1 Å². The van der Waals surface area contributed by atoms with Crippen LogP contribution in [0.2, 0.25) is 0 Å².